The summed E-state index contributed by atoms with van der Waals surface area (Å²) in [6, 6.07) is 23.9. The number of allylic oxidation sites excluding steroid dienone is 2. The number of anilines is 2. The van der Waals surface area contributed by atoms with Crippen molar-refractivity contribution in [3.63, 3.8) is 0 Å². The SMILES string of the molecule is CC1=C(C(=O)Nc2ccccc2)[C@H](c2ccccc2F)C(C#N)=C(SCC(=O)Nc2ccccc2Cl)N1. The fourth-order valence-corrected chi connectivity index (χ4v) is 5.03. The number of rotatable bonds is 7. The molecule has 3 aromatic rings. The number of nitrogens with zero attached hydrogens (tertiary/aromatic N) is 1. The average molecular weight is 533 g/mol. The van der Waals surface area contributed by atoms with Gasteiger partial charge in [0.05, 0.1) is 39.1 Å². The van der Waals surface area contributed by atoms with Crippen LogP contribution in [0.5, 0.6) is 0 Å². The number of thioether (sulfide) groups is 1. The van der Waals surface area contributed by atoms with E-state index >= 15 is 4.39 Å². The van der Waals surface area contributed by atoms with E-state index in [1.165, 1.54) is 6.07 Å². The minimum absolute atomic E-state index is 0.0401. The number of hydrogen-bond acceptors (Lipinski definition) is 5. The predicted molar refractivity (Wildman–Crippen MR) is 145 cm³/mol. The van der Waals surface area contributed by atoms with Crippen LogP contribution in [0.25, 0.3) is 0 Å². The first-order valence-corrected chi connectivity index (χ1v) is 12.7. The fourth-order valence-electron chi connectivity index (χ4n) is 3.95. The molecule has 186 valence electrons. The molecule has 0 unspecified atom stereocenters. The summed E-state index contributed by atoms with van der Waals surface area (Å²) in [5.74, 6) is -2.34. The van der Waals surface area contributed by atoms with Gasteiger partial charge in [-0.25, -0.2) is 4.39 Å². The topological polar surface area (TPSA) is 94.0 Å². The highest BCUT2D eigenvalue weighted by molar-refractivity contribution is 8.03. The Morgan fingerprint density at radius 3 is 2.41 bits per heavy atom. The minimum Gasteiger partial charge on any atom is -0.353 e. The van der Waals surface area contributed by atoms with Crippen LogP contribution in [-0.4, -0.2) is 17.6 Å². The summed E-state index contributed by atoms with van der Waals surface area (Å²) in [5, 5.41) is 19.6. The summed E-state index contributed by atoms with van der Waals surface area (Å²) in [5.41, 5.74) is 2.05. The third-order valence-electron chi connectivity index (χ3n) is 5.64. The number of halogens is 2. The van der Waals surface area contributed by atoms with Crippen molar-refractivity contribution in [2.45, 2.75) is 12.8 Å². The number of para-hydroxylation sites is 2. The maximum atomic E-state index is 15.0. The Morgan fingerprint density at radius 1 is 1.03 bits per heavy atom. The van der Waals surface area contributed by atoms with Crippen molar-refractivity contribution in [2.24, 2.45) is 0 Å². The van der Waals surface area contributed by atoms with Crippen molar-refractivity contribution >= 4 is 46.6 Å². The molecule has 0 saturated heterocycles. The van der Waals surface area contributed by atoms with Crippen LogP contribution >= 0.6 is 23.4 Å². The van der Waals surface area contributed by atoms with E-state index in [1.807, 2.05) is 6.07 Å². The summed E-state index contributed by atoms with van der Waals surface area (Å²) in [4.78, 5) is 26.0. The first-order chi connectivity index (χ1) is 17.9. The zero-order valence-corrected chi connectivity index (χ0v) is 21.3. The summed E-state index contributed by atoms with van der Waals surface area (Å²) in [6.07, 6.45) is 0. The second-order valence-corrected chi connectivity index (χ2v) is 9.50. The number of nitriles is 1. The fraction of sp³-hybridized carbons (Fsp3) is 0.107. The first-order valence-electron chi connectivity index (χ1n) is 11.3. The highest BCUT2D eigenvalue weighted by Gasteiger charge is 2.36. The lowest BCUT2D eigenvalue weighted by Gasteiger charge is -2.30. The second kappa shape index (κ2) is 11.8. The van der Waals surface area contributed by atoms with Crippen molar-refractivity contribution in [3.8, 4) is 6.07 Å². The quantitative estimate of drug-likeness (QED) is 0.337. The third-order valence-corrected chi connectivity index (χ3v) is 6.98. The maximum absolute atomic E-state index is 15.0. The molecular weight excluding hydrogens is 511 g/mol. The molecular formula is C28H22ClFN4O2S. The molecule has 2 amide bonds. The number of carbonyl (C=O) groups excluding carboxylic acids is 2. The molecule has 4 rings (SSSR count). The first kappa shape index (κ1) is 26.0. The lowest BCUT2D eigenvalue weighted by Crippen LogP contribution is -2.31. The molecule has 0 fully saturated rings. The number of hydrogen-bond donors (Lipinski definition) is 3. The smallest absolute Gasteiger partial charge is 0.254 e. The van der Waals surface area contributed by atoms with E-state index in [0.29, 0.717) is 27.1 Å². The number of carbonyl (C=O) groups is 2. The molecule has 3 N–H and O–H groups in total. The summed E-state index contributed by atoms with van der Waals surface area (Å²) in [7, 11) is 0. The van der Waals surface area contributed by atoms with Gasteiger partial charge >= 0.3 is 0 Å². The highest BCUT2D eigenvalue weighted by atomic mass is 35.5. The Bertz CT molecular complexity index is 1450. The lowest BCUT2D eigenvalue weighted by molar-refractivity contribution is -0.114. The molecule has 37 heavy (non-hydrogen) atoms. The monoisotopic (exact) mass is 532 g/mol. The Balaban J connectivity index is 1.65. The van der Waals surface area contributed by atoms with Gasteiger partial charge in [0.2, 0.25) is 5.91 Å². The third kappa shape index (κ3) is 6.02. The lowest BCUT2D eigenvalue weighted by atomic mass is 9.82. The van der Waals surface area contributed by atoms with Gasteiger partial charge in [0.15, 0.2) is 0 Å². The van der Waals surface area contributed by atoms with E-state index in [-0.39, 0.29) is 28.4 Å². The van der Waals surface area contributed by atoms with Crippen LogP contribution < -0.4 is 16.0 Å². The summed E-state index contributed by atoms with van der Waals surface area (Å²) in [6.45, 7) is 1.69. The van der Waals surface area contributed by atoms with E-state index in [0.717, 1.165) is 11.8 Å². The maximum Gasteiger partial charge on any atom is 0.254 e. The second-order valence-electron chi connectivity index (χ2n) is 8.11. The van der Waals surface area contributed by atoms with Crippen LogP contribution in [0.3, 0.4) is 0 Å². The molecule has 1 heterocycles. The Morgan fingerprint density at radius 2 is 1.70 bits per heavy atom. The van der Waals surface area contributed by atoms with Crippen molar-refractivity contribution in [1.29, 1.82) is 5.26 Å². The molecule has 3 aromatic carbocycles. The van der Waals surface area contributed by atoms with Crippen LogP contribution in [0.15, 0.2) is 101 Å². The Kier molecular flexibility index (Phi) is 8.29. The molecule has 1 atom stereocenters. The highest BCUT2D eigenvalue weighted by Crippen LogP contribution is 2.41. The van der Waals surface area contributed by atoms with Crippen molar-refractivity contribution in [1.82, 2.24) is 5.32 Å². The van der Waals surface area contributed by atoms with Crippen molar-refractivity contribution < 1.29 is 14.0 Å². The molecule has 0 bridgehead atoms. The number of dihydropyridines is 1. The van der Waals surface area contributed by atoms with Crippen LogP contribution in [-0.2, 0) is 9.59 Å². The van der Waals surface area contributed by atoms with E-state index < -0.39 is 17.6 Å². The van der Waals surface area contributed by atoms with E-state index in [4.69, 9.17) is 11.6 Å². The van der Waals surface area contributed by atoms with Gasteiger partial charge in [-0.1, -0.05) is 71.9 Å². The van der Waals surface area contributed by atoms with Crippen molar-refractivity contribution in [3.05, 3.63) is 117 Å². The van der Waals surface area contributed by atoms with Crippen LogP contribution in [0.4, 0.5) is 15.8 Å². The van der Waals surface area contributed by atoms with Gasteiger partial charge in [0.1, 0.15) is 5.82 Å². The van der Waals surface area contributed by atoms with Crippen molar-refractivity contribution in [2.75, 3.05) is 16.4 Å². The molecule has 9 heteroatoms. The number of benzene rings is 3. The van der Waals surface area contributed by atoms with Gasteiger partial charge < -0.3 is 16.0 Å². The van der Waals surface area contributed by atoms with E-state index in [9.17, 15) is 14.9 Å². The summed E-state index contributed by atoms with van der Waals surface area (Å²) < 4.78 is 15.0. The van der Waals surface area contributed by atoms with Gasteiger partial charge in [-0.2, -0.15) is 5.26 Å². The van der Waals surface area contributed by atoms with E-state index in [2.05, 4.69) is 22.0 Å². The predicted octanol–water partition coefficient (Wildman–Crippen LogP) is 6.19. The van der Waals surface area contributed by atoms with Gasteiger partial charge in [-0.3, -0.25) is 9.59 Å². The van der Waals surface area contributed by atoms with Crippen LogP contribution in [0.2, 0.25) is 5.02 Å². The standard InChI is InChI=1S/C28H22ClFN4O2S/c1-17-25(27(36)33-18-9-3-2-4-10-18)26(19-11-5-7-13-22(19)30)20(15-31)28(32-17)37-16-24(35)34-23-14-8-6-12-21(23)29/h2-14,26,32H,16H2,1H3,(H,33,36)(H,34,35)/t26-/m1/s1. The Hall–Kier alpha value is -4.06. The molecule has 1 aliphatic rings. The van der Waals surface area contributed by atoms with Crippen LogP contribution in [0, 0.1) is 17.1 Å². The molecule has 6 nitrogen and oxygen atoms in total. The van der Waals surface area contributed by atoms with Gasteiger partial charge in [0.25, 0.3) is 5.91 Å². The van der Waals surface area contributed by atoms with Gasteiger partial charge in [-0.15, -0.1) is 0 Å². The average Bonchev–Trinajstić information content (AvgIpc) is 2.89. The zero-order valence-electron chi connectivity index (χ0n) is 19.7. The molecule has 0 aromatic heterocycles. The number of nitrogens with one attached hydrogen (secondary N) is 3. The largest absolute Gasteiger partial charge is 0.353 e. The normalized spacial score (nSPS) is 15.0. The molecule has 0 radical (unpaired) electrons. The molecule has 0 spiro atoms. The molecule has 1 aliphatic heterocycles. The number of amides is 2. The van der Waals surface area contributed by atoms with Gasteiger partial charge in [-0.05, 0) is 37.3 Å². The summed E-state index contributed by atoms with van der Waals surface area (Å²) >= 11 is 7.21. The molecule has 0 aliphatic carbocycles. The zero-order chi connectivity index (χ0) is 26.4. The van der Waals surface area contributed by atoms with Gasteiger partial charge in [0, 0.05) is 22.5 Å². The van der Waals surface area contributed by atoms with E-state index in [1.54, 1.807) is 73.7 Å². The minimum atomic E-state index is -0.967. The molecule has 0 saturated carbocycles. The van der Waals surface area contributed by atoms with Crippen LogP contribution in [0.1, 0.15) is 18.4 Å². The Labute approximate surface area is 223 Å².